The van der Waals surface area contributed by atoms with Crippen LogP contribution in [0.15, 0.2) is 12.7 Å². The van der Waals surface area contributed by atoms with Crippen molar-refractivity contribution in [1.29, 1.82) is 0 Å². The fraction of sp³-hybridized carbons (Fsp3) is 0.733. The highest BCUT2D eigenvalue weighted by Gasteiger charge is 2.28. The lowest BCUT2D eigenvalue weighted by Gasteiger charge is -2.34. The molecule has 1 atom stereocenters. The summed E-state index contributed by atoms with van der Waals surface area (Å²) in [6, 6.07) is -0.339. The van der Waals surface area contributed by atoms with E-state index in [4.69, 9.17) is 4.74 Å². The molecular weight excluding hydrogens is 298 g/mol. The minimum Gasteiger partial charge on any atom is -0.444 e. The van der Waals surface area contributed by atoms with Crippen LogP contribution in [-0.4, -0.2) is 56.4 Å². The van der Waals surface area contributed by atoms with Crippen LogP contribution in [0.25, 0.3) is 0 Å². The first kappa shape index (κ1) is 17.2. The van der Waals surface area contributed by atoms with Crippen LogP contribution < -0.4 is 5.32 Å². The van der Waals surface area contributed by atoms with E-state index in [2.05, 4.69) is 15.4 Å². The van der Waals surface area contributed by atoms with E-state index < -0.39 is 11.6 Å². The average Bonchev–Trinajstić information content (AvgIpc) is 2.99. The molecule has 23 heavy (non-hydrogen) atoms. The Hall–Kier alpha value is -2.12. The molecule has 1 aliphatic rings. The maximum absolute atomic E-state index is 12.2. The van der Waals surface area contributed by atoms with Crippen molar-refractivity contribution in [2.45, 2.75) is 58.2 Å². The molecule has 2 heterocycles. The highest BCUT2D eigenvalue weighted by atomic mass is 16.6. The molecule has 0 aliphatic carbocycles. The van der Waals surface area contributed by atoms with Crippen LogP contribution in [-0.2, 0) is 9.53 Å². The predicted octanol–water partition coefficient (Wildman–Crippen LogP) is 1.35. The van der Waals surface area contributed by atoms with Gasteiger partial charge in [-0.1, -0.05) is 0 Å². The minimum atomic E-state index is -0.491. The molecule has 2 amide bonds. The van der Waals surface area contributed by atoms with Gasteiger partial charge in [-0.2, -0.15) is 5.10 Å². The van der Waals surface area contributed by atoms with Crippen molar-refractivity contribution in [3.8, 4) is 0 Å². The zero-order chi connectivity index (χ0) is 17.0. The van der Waals surface area contributed by atoms with Gasteiger partial charge in [-0.25, -0.2) is 14.5 Å². The van der Waals surface area contributed by atoms with Crippen molar-refractivity contribution < 1.29 is 14.3 Å². The molecule has 1 N–H and O–H groups in total. The number of hydrogen-bond donors (Lipinski definition) is 1. The number of hydrogen-bond acceptors (Lipinski definition) is 5. The first-order chi connectivity index (χ1) is 10.8. The van der Waals surface area contributed by atoms with E-state index in [1.54, 1.807) is 11.8 Å². The Bertz CT molecular complexity index is 530. The molecule has 0 bridgehead atoms. The van der Waals surface area contributed by atoms with Crippen LogP contribution in [0.5, 0.6) is 0 Å². The normalized spacial score (nSPS) is 17.7. The number of nitrogens with one attached hydrogen (secondary N) is 1. The number of piperidine rings is 1. The van der Waals surface area contributed by atoms with Gasteiger partial charge >= 0.3 is 6.09 Å². The Morgan fingerprint density at radius 1 is 1.30 bits per heavy atom. The first-order valence-corrected chi connectivity index (χ1v) is 7.88. The molecule has 1 saturated heterocycles. The summed E-state index contributed by atoms with van der Waals surface area (Å²) in [6.45, 7) is 8.49. The van der Waals surface area contributed by atoms with Crippen molar-refractivity contribution in [2.24, 2.45) is 0 Å². The van der Waals surface area contributed by atoms with Gasteiger partial charge in [0.1, 0.15) is 24.3 Å². The number of amides is 2. The van der Waals surface area contributed by atoms with Crippen LogP contribution >= 0.6 is 0 Å². The van der Waals surface area contributed by atoms with E-state index in [1.165, 1.54) is 17.3 Å². The van der Waals surface area contributed by atoms with Crippen LogP contribution in [0.2, 0.25) is 0 Å². The summed E-state index contributed by atoms with van der Waals surface area (Å²) in [5.41, 5.74) is -0.491. The van der Waals surface area contributed by atoms with E-state index in [9.17, 15) is 9.59 Å². The highest BCUT2D eigenvalue weighted by molar-refractivity contribution is 5.80. The van der Waals surface area contributed by atoms with E-state index >= 15 is 0 Å². The third kappa shape index (κ3) is 4.94. The molecular formula is C15H25N5O3. The van der Waals surface area contributed by atoms with Gasteiger partial charge in [0.15, 0.2) is 0 Å². The molecule has 0 unspecified atom stereocenters. The summed E-state index contributed by atoms with van der Waals surface area (Å²) in [5.74, 6) is -0.0915. The molecule has 0 aromatic carbocycles. The van der Waals surface area contributed by atoms with Crippen LogP contribution in [0.3, 0.4) is 0 Å². The summed E-state index contributed by atoms with van der Waals surface area (Å²) in [4.78, 5) is 29.7. The van der Waals surface area contributed by atoms with Crippen molar-refractivity contribution in [3.05, 3.63) is 12.7 Å². The predicted molar refractivity (Wildman–Crippen MR) is 83.7 cm³/mol. The molecule has 0 saturated carbocycles. The Morgan fingerprint density at radius 2 is 1.96 bits per heavy atom. The number of rotatable bonds is 3. The lowest BCUT2D eigenvalue weighted by molar-refractivity contribution is -0.125. The Balaban J connectivity index is 1.78. The van der Waals surface area contributed by atoms with Gasteiger partial charge in [-0.05, 0) is 40.5 Å². The summed E-state index contributed by atoms with van der Waals surface area (Å²) in [6.07, 6.45) is 4.07. The maximum Gasteiger partial charge on any atom is 0.410 e. The lowest BCUT2D eigenvalue weighted by atomic mass is 10.0. The molecule has 2 rings (SSSR count). The minimum absolute atomic E-state index is 0.0622. The van der Waals surface area contributed by atoms with E-state index in [-0.39, 0.29) is 18.0 Å². The smallest absolute Gasteiger partial charge is 0.410 e. The van der Waals surface area contributed by atoms with Gasteiger partial charge in [0.2, 0.25) is 5.91 Å². The highest BCUT2D eigenvalue weighted by Crippen LogP contribution is 2.16. The SMILES string of the molecule is C[C@@H](C(=O)NC1CCN(C(=O)OC(C)(C)C)CC1)n1cncn1. The quantitative estimate of drug-likeness (QED) is 0.907. The van der Waals surface area contributed by atoms with Gasteiger partial charge in [-0.15, -0.1) is 0 Å². The van der Waals surface area contributed by atoms with Crippen LogP contribution in [0.1, 0.15) is 46.6 Å². The van der Waals surface area contributed by atoms with Crippen LogP contribution in [0, 0.1) is 0 Å². The van der Waals surface area contributed by atoms with Crippen molar-refractivity contribution >= 4 is 12.0 Å². The Labute approximate surface area is 136 Å². The first-order valence-electron chi connectivity index (χ1n) is 7.88. The summed E-state index contributed by atoms with van der Waals surface area (Å²) < 4.78 is 6.88. The van der Waals surface area contributed by atoms with E-state index in [1.807, 2.05) is 20.8 Å². The average molecular weight is 323 g/mol. The van der Waals surface area contributed by atoms with E-state index in [0.29, 0.717) is 13.1 Å². The third-order valence-electron chi connectivity index (χ3n) is 3.71. The summed E-state index contributed by atoms with van der Waals surface area (Å²) in [7, 11) is 0. The Morgan fingerprint density at radius 3 is 2.48 bits per heavy atom. The molecule has 1 aromatic rings. The second kappa shape index (κ2) is 6.97. The number of carbonyl (C=O) groups is 2. The Kier molecular flexibility index (Phi) is 5.23. The fourth-order valence-electron chi connectivity index (χ4n) is 2.39. The molecule has 0 radical (unpaired) electrons. The van der Waals surface area contributed by atoms with Gasteiger partial charge in [-0.3, -0.25) is 4.79 Å². The zero-order valence-electron chi connectivity index (χ0n) is 14.2. The van der Waals surface area contributed by atoms with Gasteiger partial charge in [0.25, 0.3) is 0 Å². The number of likely N-dealkylation sites (tertiary alicyclic amines) is 1. The monoisotopic (exact) mass is 323 g/mol. The van der Waals surface area contributed by atoms with Crippen LogP contribution in [0.4, 0.5) is 4.79 Å². The van der Waals surface area contributed by atoms with E-state index in [0.717, 1.165) is 12.8 Å². The summed E-state index contributed by atoms with van der Waals surface area (Å²) in [5, 5.41) is 6.98. The molecule has 1 fully saturated rings. The van der Waals surface area contributed by atoms with Gasteiger partial charge < -0.3 is 15.0 Å². The van der Waals surface area contributed by atoms with Crippen molar-refractivity contribution in [1.82, 2.24) is 25.0 Å². The van der Waals surface area contributed by atoms with Crippen molar-refractivity contribution in [2.75, 3.05) is 13.1 Å². The molecule has 0 spiro atoms. The molecule has 1 aliphatic heterocycles. The molecule has 1 aromatic heterocycles. The second-order valence-electron chi connectivity index (χ2n) is 6.80. The number of aromatic nitrogens is 3. The molecule has 8 heteroatoms. The fourth-order valence-corrected chi connectivity index (χ4v) is 2.39. The van der Waals surface area contributed by atoms with Gasteiger partial charge in [0, 0.05) is 19.1 Å². The standard InChI is InChI=1S/C15H25N5O3/c1-11(20-10-16-9-17-20)13(21)18-12-5-7-19(8-6-12)14(22)23-15(2,3)4/h9-12H,5-8H2,1-4H3,(H,18,21)/t11-/m0/s1. The lowest BCUT2D eigenvalue weighted by Crippen LogP contribution is -2.48. The molecule has 8 nitrogen and oxygen atoms in total. The largest absolute Gasteiger partial charge is 0.444 e. The number of ether oxygens (including phenoxy) is 1. The summed E-state index contributed by atoms with van der Waals surface area (Å²) >= 11 is 0. The molecule has 128 valence electrons. The van der Waals surface area contributed by atoms with Crippen molar-refractivity contribution in [3.63, 3.8) is 0 Å². The number of carbonyl (C=O) groups excluding carboxylic acids is 2. The third-order valence-corrected chi connectivity index (χ3v) is 3.71. The number of nitrogens with zero attached hydrogens (tertiary/aromatic N) is 4. The second-order valence-corrected chi connectivity index (χ2v) is 6.80. The topological polar surface area (TPSA) is 89.4 Å². The van der Waals surface area contributed by atoms with Gasteiger partial charge in [0.05, 0.1) is 0 Å². The maximum atomic E-state index is 12.2. The zero-order valence-corrected chi connectivity index (χ0v) is 14.2.